The number of carbonyl (C=O) groups is 2. The van der Waals surface area contributed by atoms with Crippen molar-refractivity contribution in [3.8, 4) is 0 Å². The molecule has 2 aromatic carbocycles. The van der Waals surface area contributed by atoms with Crippen LogP contribution in [0.1, 0.15) is 41.3 Å². The molecule has 27 heavy (non-hydrogen) atoms. The molecule has 0 aromatic heterocycles. The topological polar surface area (TPSA) is 58.6 Å². The zero-order valence-electron chi connectivity index (χ0n) is 15.5. The molecular weight excluding hydrogens is 340 g/mol. The van der Waals surface area contributed by atoms with E-state index in [0.717, 1.165) is 38.0 Å². The number of fused-ring (bicyclic) bond motifs is 2. The first kappa shape index (κ1) is 17.7. The smallest absolute Gasteiger partial charge is 0.338 e. The number of hydrogen-bond donors (Lipinski definition) is 1. The Balaban J connectivity index is 1.58. The first-order valence-corrected chi connectivity index (χ1v) is 9.52. The fourth-order valence-corrected chi connectivity index (χ4v) is 4.23. The number of amides is 1. The Labute approximate surface area is 159 Å². The van der Waals surface area contributed by atoms with Gasteiger partial charge in [0.2, 0.25) is 5.91 Å². The van der Waals surface area contributed by atoms with Crippen molar-refractivity contribution in [2.45, 2.75) is 31.7 Å². The standard InChI is InChI=1S/C22H24N2O3/c1-2-27-20(25)16-7-9-18(10-8-16)23-21(26)22-11-13-24(14-12-22)15-17-5-3-4-6-19(17)22/h3-10H,2,11-15H2,1H3,(H,23,26). The molecule has 0 atom stereocenters. The van der Waals surface area contributed by atoms with Crippen molar-refractivity contribution < 1.29 is 14.3 Å². The molecule has 140 valence electrons. The third kappa shape index (κ3) is 3.23. The van der Waals surface area contributed by atoms with E-state index in [1.165, 1.54) is 5.56 Å². The monoisotopic (exact) mass is 364 g/mol. The van der Waals surface area contributed by atoms with Gasteiger partial charge in [-0.1, -0.05) is 24.3 Å². The number of carbonyl (C=O) groups excluding carboxylic acids is 2. The predicted octanol–water partition coefficient (Wildman–Crippen LogP) is 3.35. The van der Waals surface area contributed by atoms with Crippen LogP contribution in [0.4, 0.5) is 5.69 Å². The summed E-state index contributed by atoms with van der Waals surface area (Å²) in [5.41, 5.74) is 3.11. The zero-order chi connectivity index (χ0) is 18.9. The van der Waals surface area contributed by atoms with Crippen LogP contribution in [-0.2, 0) is 21.5 Å². The summed E-state index contributed by atoms with van der Waals surface area (Å²) in [4.78, 5) is 27.6. The summed E-state index contributed by atoms with van der Waals surface area (Å²) in [7, 11) is 0. The van der Waals surface area contributed by atoms with Gasteiger partial charge in [-0.15, -0.1) is 0 Å². The summed E-state index contributed by atoms with van der Waals surface area (Å²) < 4.78 is 5.00. The molecule has 5 rings (SSSR count). The van der Waals surface area contributed by atoms with Crippen LogP contribution in [-0.4, -0.2) is 36.5 Å². The summed E-state index contributed by atoms with van der Waals surface area (Å²) in [6.07, 6.45) is 1.66. The highest BCUT2D eigenvalue weighted by Crippen LogP contribution is 2.42. The lowest BCUT2D eigenvalue weighted by Crippen LogP contribution is -2.47. The molecule has 5 heteroatoms. The minimum absolute atomic E-state index is 0.0420. The van der Waals surface area contributed by atoms with Gasteiger partial charge >= 0.3 is 5.97 Å². The molecule has 1 amide bonds. The number of nitrogens with zero attached hydrogens (tertiary/aromatic N) is 1. The highest BCUT2D eigenvalue weighted by molar-refractivity contribution is 6.00. The molecule has 5 nitrogen and oxygen atoms in total. The van der Waals surface area contributed by atoms with Gasteiger partial charge in [0.1, 0.15) is 0 Å². The van der Waals surface area contributed by atoms with Gasteiger partial charge < -0.3 is 10.1 Å². The van der Waals surface area contributed by atoms with Crippen LogP contribution < -0.4 is 5.32 Å². The minimum atomic E-state index is -0.483. The maximum atomic E-state index is 13.4. The molecule has 0 unspecified atom stereocenters. The molecule has 2 bridgehead atoms. The quantitative estimate of drug-likeness (QED) is 0.846. The van der Waals surface area contributed by atoms with E-state index in [2.05, 4.69) is 22.3 Å². The van der Waals surface area contributed by atoms with Crippen molar-refractivity contribution >= 4 is 17.6 Å². The lowest BCUT2D eigenvalue weighted by molar-refractivity contribution is -0.123. The van der Waals surface area contributed by atoms with Crippen LogP contribution in [0.15, 0.2) is 48.5 Å². The highest BCUT2D eigenvalue weighted by atomic mass is 16.5. The molecule has 3 heterocycles. The molecule has 2 aromatic rings. The third-order valence-electron chi connectivity index (χ3n) is 5.73. The lowest BCUT2D eigenvalue weighted by atomic mass is 9.72. The Morgan fingerprint density at radius 3 is 2.48 bits per heavy atom. The number of hydrogen-bond acceptors (Lipinski definition) is 4. The van der Waals surface area contributed by atoms with Crippen molar-refractivity contribution in [2.24, 2.45) is 0 Å². The van der Waals surface area contributed by atoms with Gasteiger partial charge in [0.05, 0.1) is 17.6 Å². The molecule has 0 aliphatic carbocycles. The van der Waals surface area contributed by atoms with Crippen molar-refractivity contribution in [1.82, 2.24) is 4.90 Å². The first-order chi connectivity index (χ1) is 13.1. The molecular formula is C22H24N2O3. The average Bonchev–Trinajstić information content (AvgIpc) is 2.96. The molecule has 1 N–H and O–H groups in total. The highest BCUT2D eigenvalue weighted by Gasteiger charge is 2.46. The minimum Gasteiger partial charge on any atom is -0.462 e. The molecule has 3 aliphatic heterocycles. The van der Waals surface area contributed by atoms with Gasteiger partial charge in [-0.3, -0.25) is 9.69 Å². The van der Waals surface area contributed by atoms with E-state index in [1.54, 1.807) is 31.2 Å². The van der Waals surface area contributed by atoms with E-state index in [-0.39, 0.29) is 11.9 Å². The Bertz CT molecular complexity index is 852. The van der Waals surface area contributed by atoms with Crippen LogP contribution in [0, 0.1) is 0 Å². The van der Waals surface area contributed by atoms with Gasteiger partial charge in [-0.25, -0.2) is 4.79 Å². The maximum absolute atomic E-state index is 13.4. The maximum Gasteiger partial charge on any atom is 0.338 e. The number of ether oxygens (including phenoxy) is 1. The Morgan fingerprint density at radius 2 is 1.78 bits per heavy atom. The van der Waals surface area contributed by atoms with Gasteiger partial charge in [0.25, 0.3) is 0 Å². The van der Waals surface area contributed by atoms with Crippen LogP contribution in [0.5, 0.6) is 0 Å². The van der Waals surface area contributed by atoms with Crippen LogP contribution in [0.3, 0.4) is 0 Å². The van der Waals surface area contributed by atoms with Crippen LogP contribution >= 0.6 is 0 Å². The van der Waals surface area contributed by atoms with Gasteiger partial charge in [0.15, 0.2) is 0 Å². The average molecular weight is 364 g/mol. The molecule has 0 radical (unpaired) electrons. The number of rotatable bonds is 4. The summed E-state index contributed by atoms with van der Waals surface area (Å²) in [6.45, 7) is 4.91. The summed E-state index contributed by atoms with van der Waals surface area (Å²) in [5, 5.41) is 3.09. The number of piperidine rings is 1. The summed E-state index contributed by atoms with van der Waals surface area (Å²) >= 11 is 0. The lowest BCUT2D eigenvalue weighted by Gasteiger charge is -2.37. The van der Waals surface area contributed by atoms with E-state index >= 15 is 0 Å². The molecule has 1 saturated heterocycles. The van der Waals surface area contributed by atoms with E-state index in [4.69, 9.17) is 4.74 Å². The Morgan fingerprint density at radius 1 is 1.07 bits per heavy atom. The van der Waals surface area contributed by atoms with E-state index in [9.17, 15) is 9.59 Å². The number of esters is 1. The number of nitrogens with one attached hydrogen (secondary N) is 1. The molecule has 0 spiro atoms. The second kappa shape index (κ2) is 7.16. The largest absolute Gasteiger partial charge is 0.462 e. The normalized spacial score (nSPS) is 23.2. The van der Waals surface area contributed by atoms with Crippen molar-refractivity contribution in [3.63, 3.8) is 0 Å². The molecule has 0 saturated carbocycles. The molecule has 1 fully saturated rings. The fraction of sp³-hybridized carbons (Fsp3) is 0.364. The third-order valence-corrected chi connectivity index (χ3v) is 5.73. The number of anilines is 1. The second-order valence-electron chi connectivity index (χ2n) is 7.27. The number of benzene rings is 2. The zero-order valence-corrected chi connectivity index (χ0v) is 15.5. The first-order valence-electron chi connectivity index (χ1n) is 9.52. The van der Waals surface area contributed by atoms with E-state index < -0.39 is 5.41 Å². The van der Waals surface area contributed by atoms with E-state index in [0.29, 0.717) is 17.9 Å². The van der Waals surface area contributed by atoms with Gasteiger partial charge in [0, 0.05) is 12.2 Å². The predicted molar refractivity (Wildman–Crippen MR) is 104 cm³/mol. The van der Waals surface area contributed by atoms with Crippen molar-refractivity contribution in [2.75, 3.05) is 25.0 Å². The molecule has 3 aliphatic rings. The summed E-state index contributed by atoms with van der Waals surface area (Å²) in [5.74, 6) is -0.306. The second-order valence-corrected chi connectivity index (χ2v) is 7.27. The SMILES string of the molecule is CCOC(=O)c1ccc(NC(=O)C23CCN(CC2)Cc2ccccc23)cc1. The Kier molecular flexibility index (Phi) is 4.70. The van der Waals surface area contributed by atoms with E-state index in [1.807, 2.05) is 12.1 Å². The van der Waals surface area contributed by atoms with Crippen molar-refractivity contribution in [3.05, 3.63) is 65.2 Å². The van der Waals surface area contributed by atoms with Crippen molar-refractivity contribution in [1.29, 1.82) is 0 Å². The van der Waals surface area contributed by atoms with Gasteiger partial charge in [-0.2, -0.15) is 0 Å². The van der Waals surface area contributed by atoms with Gasteiger partial charge in [-0.05, 0) is 68.2 Å². The fourth-order valence-electron chi connectivity index (χ4n) is 4.23. The van der Waals surface area contributed by atoms with Crippen LogP contribution in [0.2, 0.25) is 0 Å². The Hall–Kier alpha value is -2.66. The summed E-state index contributed by atoms with van der Waals surface area (Å²) in [6, 6.07) is 15.2. The van der Waals surface area contributed by atoms with Crippen LogP contribution in [0.25, 0.3) is 0 Å².